The third kappa shape index (κ3) is 4.07. The van der Waals surface area contributed by atoms with Gasteiger partial charge in [-0.1, -0.05) is 6.07 Å². The van der Waals surface area contributed by atoms with Gasteiger partial charge in [0, 0.05) is 19.0 Å². The smallest absolute Gasteiger partial charge is 0.311 e. The molecule has 0 aliphatic rings. The number of ether oxygens (including phenoxy) is 1. The Labute approximate surface area is 106 Å². The average molecular weight is 248 g/mol. The Balaban J connectivity index is 2.77. The van der Waals surface area contributed by atoms with Gasteiger partial charge in [-0.25, -0.2) is 0 Å². The third-order valence-corrected chi connectivity index (χ3v) is 2.32. The van der Waals surface area contributed by atoms with Crippen LogP contribution in [-0.4, -0.2) is 18.6 Å². The molecule has 1 aromatic rings. The van der Waals surface area contributed by atoms with Crippen LogP contribution in [0.15, 0.2) is 18.2 Å². The minimum absolute atomic E-state index is 0.0107. The van der Waals surface area contributed by atoms with Crippen LogP contribution >= 0.6 is 0 Å². The normalized spacial score (nSPS) is 9.78. The molecule has 0 aliphatic heterocycles. The van der Waals surface area contributed by atoms with Gasteiger partial charge in [-0.2, -0.15) is 0 Å². The average Bonchev–Trinajstić information content (AvgIpc) is 2.36. The second kappa shape index (κ2) is 7.30. The Bertz CT molecular complexity index is 452. The molecule has 1 N–H and O–H groups in total. The van der Waals surface area contributed by atoms with Gasteiger partial charge in [0.05, 0.1) is 11.5 Å². The highest BCUT2D eigenvalue weighted by Gasteiger charge is 2.15. The Morgan fingerprint density at radius 2 is 2.33 bits per heavy atom. The van der Waals surface area contributed by atoms with Gasteiger partial charge in [0.15, 0.2) is 5.75 Å². The van der Waals surface area contributed by atoms with Crippen molar-refractivity contribution >= 4 is 5.69 Å². The molecule has 0 fully saturated rings. The first-order chi connectivity index (χ1) is 8.69. The topological polar surface area (TPSA) is 64.4 Å². The first-order valence-electron chi connectivity index (χ1n) is 5.67. The van der Waals surface area contributed by atoms with Crippen LogP contribution in [0.1, 0.15) is 18.4 Å². The Kier molecular flexibility index (Phi) is 5.68. The summed E-state index contributed by atoms with van der Waals surface area (Å²) in [6.45, 7) is 0.967. The fourth-order valence-corrected chi connectivity index (χ4v) is 1.50. The highest BCUT2D eigenvalue weighted by atomic mass is 16.6. The molecule has 1 aromatic carbocycles. The van der Waals surface area contributed by atoms with Crippen LogP contribution < -0.4 is 10.1 Å². The van der Waals surface area contributed by atoms with Crippen molar-refractivity contribution in [3.63, 3.8) is 0 Å². The molecule has 0 bridgehead atoms. The third-order valence-electron chi connectivity index (χ3n) is 2.32. The number of rotatable bonds is 7. The van der Waals surface area contributed by atoms with Crippen molar-refractivity contribution < 1.29 is 9.66 Å². The molecule has 0 saturated heterocycles. The summed E-state index contributed by atoms with van der Waals surface area (Å²) in [5.74, 6) is 2.78. The molecule has 0 radical (unpaired) electrons. The van der Waals surface area contributed by atoms with Gasteiger partial charge in [-0.05, 0) is 25.1 Å². The maximum Gasteiger partial charge on any atom is 0.311 e. The Hall–Kier alpha value is -2.06. The zero-order valence-electron chi connectivity index (χ0n) is 10.3. The number of nitrogens with zero attached hydrogens (tertiary/aromatic N) is 1. The lowest BCUT2D eigenvalue weighted by molar-refractivity contribution is -0.385. The van der Waals surface area contributed by atoms with Crippen LogP contribution in [0.2, 0.25) is 0 Å². The van der Waals surface area contributed by atoms with E-state index in [1.807, 2.05) is 0 Å². The van der Waals surface area contributed by atoms with Gasteiger partial charge in [-0.3, -0.25) is 10.1 Å². The van der Waals surface area contributed by atoms with E-state index in [1.165, 1.54) is 6.07 Å². The number of hydrogen-bond acceptors (Lipinski definition) is 4. The molecular formula is C13H16N2O3. The second-order valence-electron chi connectivity index (χ2n) is 3.75. The first kappa shape index (κ1) is 14.0. The lowest BCUT2D eigenvalue weighted by atomic mass is 10.2. The number of unbranched alkanes of at least 4 members (excludes halogenated alkanes) is 1. The van der Waals surface area contributed by atoms with E-state index in [1.54, 1.807) is 19.2 Å². The van der Waals surface area contributed by atoms with E-state index < -0.39 is 4.92 Å². The summed E-state index contributed by atoms with van der Waals surface area (Å²) in [5.41, 5.74) is 0.837. The number of terminal acetylenes is 1. The van der Waals surface area contributed by atoms with Crippen LogP contribution in [0.4, 0.5) is 5.69 Å². The SMILES string of the molecule is C#CCCCOc1ccc(CNC)cc1[N+](=O)[O-]. The fourth-order valence-electron chi connectivity index (χ4n) is 1.50. The van der Waals surface area contributed by atoms with Crippen molar-refractivity contribution in [1.29, 1.82) is 0 Å². The molecule has 0 spiro atoms. The highest BCUT2D eigenvalue weighted by Crippen LogP contribution is 2.28. The summed E-state index contributed by atoms with van der Waals surface area (Å²) in [6, 6.07) is 4.95. The molecule has 5 heteroatoms. The van der Waals surface area contributed by atoms with Gasteiger partial charge in [-0.15, -0.1) is 12.3 Å². The summed E-state index contributed by atoms with van der Waals surface area (Å²) in [5, 5.41) is 13.9. The zero-order chi connectivity index (χ0) is 13.4. The lowest BCUT2D eigenvalue weighted by Gasteiger charge is -2.07. The predicted molar refractivity (Wildman–Crippen MR) is 69.4 cm³/mol. The first-order valence-corrected chi connectivity index (χ1v) is 5.67. The van der Waals surface area contributed by atoms with Gasteiger partial charge < -0.3 is 10.1 Å². The predicted octanol–water partition coefficient (Wildman–Crippen LogP) is 2.11. The highest BCUT2D eigenvalue weighted by molar-refractivity contribution is 5.48. The van der Waals surface area contributed by atoms with E-state index in [-0.39, 0.29) is 11.4 Å². The number of hydrogen-bond donors (Lipinski definition) is 1. The largest absolute Gasteiger partial charge is 0.487 e. The van der Waals surface area contributed by atoms with E-state index in [9.17, 15) is 10.1 Å². The van der Waals surface area contributed by atoms with E-state index >= 15 is 0 Å². The van der Waals surface area contributed by atoms with Crippen molar-refractivity contribution in [1.82, 2.24) is 5.32 Å². The number of nitro groups is 1. The number of nitrogens with one attached hydrogen (secondary N) is 1. The minimum Gasteiger partial charge on any atom is -0.487 e. The summed E-state index contributed by atoms with van der Waals surface area (Å²) in [4.78, 5) is 10.5. The summed E-state index contributed by atoms with van der Waals surface area (Å²) < 4.78 is 5.38. The molecular weight excluding hydrogens is 232 g/mol. The molecule has 1 rings (SSSR count). The van der Waals surface area contributed by atoms with Crippen molar-refractivity contribution in [3.8, 4) is 18.1 Å². The molecule has 18 heavy (non-hydrogen) atoms. The van der Waals surface area contributed by atoms with Crippen LogP contribution in [0.5, 0.6) is 5.75 Å². The van der Waals surface area contributed by atoms with E-state index in [0.717, 1.165) is 5.56 Å². The number of nitro benzene ring substituents is 1. The fraction of sp³-hybridized carbons (Fsp3) is 0.385. The zero-order valence-corrected chi connectivity index (χ0v) is 10.3. The molecule has 96 valence electrons. The van der Waals surface area contributed by atoms with Crippen LogP contribution in [0.25, 0.3) is 0 Å². The molecule has 0 aliphatic carbocycles. The molecule has 5 nitrogen and oxygen atoms in total. The lowest BCUT2D eigenvalue weighted by Crippen LogP contribution is -2.06. The molecule has 0 unspecified atom stereocenters. The van der Waals surface area contributed by atoms with E-state index in [0.29, 0.717) is 26.0 Å². The summed E-state index contributed by atoms with van der Waals surface area (Å²) >= 11 is 0. The maximum absolute atomic E-state index is 10.9. The maximum atomic E-state index is 10.9. The quantitative estimate of drug-likeness (QED) is 0.347. The van der Waals surface area contributed by atoms with Gasteiger partial charge in [0.2, 0.25) is 0 Å². The van der Waals surface area contributed by atoms with Crippen molar-refractivity contribution in [2.45, 2.75) is 19.4 Å². The Morgan fingerprint density at radius 3 is 2.94 bits per heavy atom. The monoisotopic (exact) mass is 248 g/mol. The number of benzene rings is 1. The van der Waals surface area contributed by atoms with Crippen molar-refractivity contribution in [2.24, 2.45) is 0 Å². The van der Waals surface area contributed by atoms with Crippen LogP contribution in [-0.2, 0) is 6.54 Å². The Morgan fingerprint density at radius 1 is 1.56 bits per heavy atom. The summed E-state index contributed by atoms with van der Waals surface area (Å²) in [6.07, 6.45) is 6.41. The van der Waals surface area contributed by atoms with Crippen molar-refractivity contribution in [3.05, 3.63) is 33.9 Å². The van der Waals surface area contributed by atoms with Crippen LogP contribution in [0.3, 0.4) is 0 Å². The molecule has 0 atom stereocenters. The minimum atomic E-state index is -0.435. The van der Waals surface area contributed by atoms with E-state index in [2.05, 4.69) is 11.2 Å². The molecule has 0 heterocycles. The summed E-state index contributed by atoms with van der Waals surface area (Å²) in [7, 11) is 1.79. The van der Waals surface area contributed by atoms with Crippen molar-refractivity contribution in [2.75, 3.05) is 13.7 Å². The second-order valence-corrected chi connectivity index (χ2v) is 3.75. The van der Waals surface area contributed by atoms with Crippen LogP contribution in [0, 0.1) is 22.5 Å². The molecule has 0 amide bonds. The standard InChI is InChI=1S/C13H16N2O3/c1-3-4-5-8-18-13-7-6-11(10-14-2)9-12(13)15(16)17/h1,6-7,9,14H,4-5,8,10H2,2H3. The molecule has 0 aromatic heterocycles. The van der Waals surface area contributed by atoms with Gasteiger partial charge >= 0.3 is 5.69 Å². The van der Waals surface area contributed by atoms with E-state index in [4.69, 9.17) is 11.2 Å². The molecule has 0 saturated carbocycles. The van der Waals surface area contributed by atoms with Gasteiger partial charge in [0.1, 0.15) is 0 Å². The van der Waals surface area contributed by atoms with Gasteiger partial charge in [0.25, 0.3) is 0 Å².